The van der Waals surface area contributed by atoms with Gasteiger partial charge in [0.05, 0.1) is 31.9 Å². The summed E-state index contributed by atoms with van der Waals surface area (Å²) in [5.41, 5.74) is 2.48. The van der Waals surface area contributed by atoms with E-state index >= 15 is 0 Å². The van der Waals surface area contributed by atoms with E-state index in [1.54, 1.807) is 31.4 Å². The Bertz CT molecular complexity index is 953. The fourth-order valence-electron chi connectivity index (χ4n) is 3.63. The second kappa shape index (κ2) is 7.67. The van der Waals surface area contributed by atoms with Crippen molar-refractivity contribution in [3.8, 4) is 0 Å². The van der Waals surface area contributed by atoms with Crippen LogP contribution in [-0.4, -0.2) is 62.0 Å². The number of nitrogens with one attached hydrogen (secondary N) is 2. The molecular weight excluding hydrogens is 386 g/mol. The Morgan fingerprint density at radius 3 is 2.44 bits per heavy atom. The number of carbonyl (C=O) groups excluding carboxylic acids is 2. The first kappa shape index (κ1) is 19.9. The first-order chi connectivity index (χ1) is 12.7. The molecule has 0 amide bonds. The van der Waals surface area contributed by atoms with E-state index in [4.69, 9.17) is 0 Å². The summed E-state index contributed by atoms with van der Waals surface area (Å²) >= 11 is 1.22. The number of thiophene rings is 1. The molecule has 1 aliphatic heterocycles. The molecule has 146 valence electrons. The molecule has 0 radical (unpaired) electrons. The number of sulfonamides is 1. The lowest BCUT2D eigenvalue weighted by Gasteiger charge is -2.30. The lowest BCUT2D eigenvalue weighted by molar-refractivity contribution is -0.895. The summed E-state index contributed by atoms with van der Waals surface area (Å²) in [6.45, 7) is 7.30. The van der Waals surface area contributed by atoms with Crippen LogP contribution < -0.4 is 4.90 Å². The fourth-order valence-corrected chi connectivity index (χ4v) is 6.22. The second-order valence-corrected chi connectivity index (χ2v) is 9.98. The van der Waals surface area contributed by atoms with Crippen LogP contribution in [0.5, 0.6) is 0 Å². The minimum absolute atomic E-state index is 0.0485. The first-order valence-electron chi connectivity index (χ1n) is 8.82. The summed E-state index contributed by atoms with van der Waals surface area (Å²) in [5, 5.41) is 1.75. The molecule has 0 unspecified atom stereocenters. The van der Waals surface area contributed by atoms with Gasteiger partial charge in [0, 0.05) is 11.3 Å². The van der Waals surface area contributed by atoms with Crippen LogP contribution in [0.2, 0.25) is 0 Å². The molecule has 3 rings (SSSR count). The predicted molar refractivity (Wildman–Crippen MR) is 103 cm³/mol. The van der Waals surface area contributed by atoms with E-state index in [9.17, 15) is 18.0 Å². The highest BCUT2D eigenvalue weighted by Gasteiger charge is 2.32. The lowest BCUT2D eigenvalue weighted by Crippen LogP contribution is -3.15. The number of rotatable bonds is 6. The number of H-pyrrole nitrogens is 1. The van der Waals surface area contributed by atoms with E-state index in [-0.39, 0.29) is 18.1 Å². The van der Waals surface area contributed by atoms with Gasteiger partial charge in [-0.15, -0.1) is 11.3 Å². The molecule has 0 spiro atoms. The Balaban J connectivity index is 1.64. The van der Waals surface area contributed by atoms with Crippen molar-refractivity contribution < 1.29 is 22.9 Å². The first-order valence-corrected chi connectivity index (χ1v) is 11.1. The molecule has 0 atom stereocenters. The fraction of sp³-hybridized carbons (Fsp3) is 0.444. The smallest absolute Gasteiger partial charge is 0.252 e. The van der Waals surface area contributed by atoms with Crippen LogP contribution in [-0.2, 0) is 10.0 Å². The topological polar surface area (TPSA) is 91.8 Å². The molecule has 9 heteroatoms. The average molecular weight is 411 g/mol. The van der Waals surface area contributed by atoms with E-state index in [1.165, 1.54) is 22.6 Å². The maximum atomic E-state index is 12.7. The monoisotopic (exact) mass is 410 g/mol. The van der Waals surface area contributed by atoms with Crippen LogP contribution in [0, 0.1) is 13.8 Å². The molecule has 1 saturated heterocycles. The minimum Gasteiger partial charge on any atom is -0.355 e. The molecular formula is C18H24N3O4S2+. The number of nitrogens with zero attached hydrogens (tertiary/aromatic N) is 1. The normalized spacial score (nSPS) is 16.6. The molecule has 0 saturated carbocycles. The maximum Gasteiger partial charge on any atom is 0.252 e. The van der Waals surface area contributed by atoms with E-state index in [2.05, 4.69) is 4.98 Å². The number of piperazine rings is 1. The highest BCUT2D eigenvalue weighted by molar-refractivity contribution is 7.91. The van der Waals surface area contributed by atoms with Gasteiger partial charge in [-0.3, -0.25) is 9.59 Å². The maximum absolute atomic E-state index is 12.7. The number of aromatic nitrogens is 1. The number of ketones is 2. The van der Waals surface area contributed by atoms with Crippen LogP contribution in [0.1, 0.15) is 39.0 Å². The number of Topliss-reactive ketones (excluding diaryl/α,β-unsaturated/α-hetero) is 2. The lowest BCUT2D eigenvalue weighted by atomic mass is 10.1. The number of aromatic amines is 1. The Kier molecular flexibility index (Phi) is 5.66. The average Bonchev–Trinajstić information content (AvgIpc) is 3.24. The number of carbonyl (C=O) groups is 2. The van der Waals surface area contributed by atoms with Crippen LogP contribution in [0.3, 0.4) is 0 Å². The molecule has 27 heavy (non-hydrogen) atoms. The molecule has 0 aliphatic carbocycles. The van der Waals surface area contributed by atoms with Gasteiger partial charge in [-0.2, -0.15) is 4.31 Å². The van der Waals surface area contributed by atoms with Crippen LogP contribution in [0.4, 0.5) is 0 Å². The molecule has 1 aliphatic rings. The zero-order valence-corrected chi connectivity index (χ0v) is 17.3. The van der Waals surface area contributed by atoms with Crippen molar-refractivity contribution in [2.75, 3.05) is 32.7 Å². The highest BCUT2D eigenvalue weighted by Crippen LogP contribution is 2.21. The minimum atomic E-state index is -3.43. The van der Waals surface area contributed by atoms with Crippen molar-refractivity contribution in [3.63, 3.8) is 0 Å². The highest BCUT2D eigenvalue weighted by atomic mass is 32.2. The molecule has 1 fully saturated rings. The van der Waals surface area contributed by atoms with Gasteiger partial charge >= 0.3 is 0 Å². The standard InChI is InChI=1S/C18H23N3O4S2/c1-12-17(14(3)22)13(2)19-18(12)15(23)11-20-6-8-21(9-7-20)27(24,25)16-5-4-10-26-16/h4-5,10,19H,6-9,11H2,1-3H3/p+1. The number of aryl methyl sites for hydroxylation is 1. The van der Waals surface area contributed by atoms with Gasteiger partial charge in [0.2, 0.25) is 5.78 Å². The van der Waals surface area contributed by atoms with Gasteiger partial charge < -0.3 is 9.88 Å². The third kappa shape index (κ3) is 3.91. The summed E-state index contributed by atoms with van der Waals surface area (Å²) in [5.74, 6) is -0.104. The molecule has 0 aromatic carbocycles. The largest absolute Gasteiger partial charge is 0.355 e. The number of hydrogen-bond acceptors (Lipinski definition) is 5. The third-order valence-electron chi connectivity index (χ3n) is 5.00. The van der Waals surface area contributed by atoms with E-state index in [0.29, 0.717) is 52.9 Å². The van der Waals surface area contributed by atoms with Gasteiger partial charge in [-0.25, -0.2) is 8.42 Å². The van der Waals surface area contributed by atoms with Crippen molar-refractivity contribution in [3.05, 3.63) is 40.0 Å². The van der Waals surface area contributed by atoms with E-state index < -0.39 is 10.0 Å². The summed E-state index contributed by atoms with van der Waals surface area (Å²) in [6, 6.07) is 3.35. The molecule has 2 aromatic rings. The predicted octanol–water partition coefficient (Wildman–Crippen LogP) is 0.668. The van der Waals surface area contributed by atoms with Gasteiger partial charge in [0.15, 0.2) is 5.78 Å². The summed E-state index contributed by atoms with van der Waals surface area (Å²) in [7, 11) is -3.43. The van der Waals surface area contributed by atoms with Gasteiger partial charge in [-0.05, 0) is 37.8 Å². The number of hydrogen-bond donors (Lipinski definition) is 2. The Morgan fingerprint density at radius 2 is 1.93 bits per heavy atom. The van der Waals surface area contributed by atoms with E-state index in [0.717, 1.165) is 4.90 Å². The van der Waals surface area contributed by atoms with Gasteiger partial charge in [0.1, 0.15) is 10.8 Å². The quantitative estimate of drug-likeness (QED) is 0.685. The summed E-state index contributed by atoms with van der Waals surface area (Å²) in [6.07, 6.45) is 0. The number of quaternary nitrogens is 1. The molecule has 3 heterocycles. The Morgan fingerprint density at radius 1 is 1.26 bits per heavy atom. The molecule has 0 bridgehead atoms. The van der Waals surface area contributed by atoms with Crippen LogP contribution in [0.25, 0.3) is 0 Å². The molecule has 2 N–H and O–H groups in total. The zero-order valence-electron chi connectivity index (χ0n) is 15.7. The van der Waals surface area contributed by atoms with Crippen molar-refractivity contribution in [1.29, 1.82) is 0 Å². The third-order valence-corrected chi connectivity index (χ3v) is 8.27. The summed E-state index contributed by atoms with van der Waals surface area (Å²) in [4.78, 5) is 28.5. The Hall–Kier alpha value is -1.81. The van der Waals surface area contributed by atoms with Crippen molar-refractivity contribution in [1.82, 2.24) is 9.29 Å². The second-order valence-electron chi connectivity index (χ2n) is 6.87. The van der Waals surface area contributed by atoms with Crippen molar-refractivity contribution in [2.24, 2.45) is 0 Å². The SMILES string of the molecule is CC(=O)c1c(C)[nH]c(C(=O)C[NH+]2CCN(S(=O)(=O)c3cccs3)CC2)c1C. The van der Waals surface area contributed by atoms with Gasteiger partial charge in [0.25, 0.3) is 10.0 Å². The van der Waals surface area contributed by atoms with E-state index in [1.807, 2.05) is 0 Å². The zero-order chi connectivity index (χ0) is 19.8. The molecule has 7 nitrogen and oxygen atoms in total. The molecule has 2 aromatic heterocycles. The van der Waals surface area contributed by atoms with Gasteiger partial charge in [-0.1, -0.05) is 6.07 Å². The van der Waals surface area contributed by atoms with Crippen molar-refractivity contribution in [2.45, 2.75) is 25.0 Å². The van der Waals surface area contributed by atoms with Crippen molar-refractivity contribution >= 4 is 32.9 Å². The summed E-state index contributed by atoms with van der Waals surface area (Å²) < 4.78 is 27.0. The van der Waals surface area contributed by atoms with Crippen LogP contribution in [0.15, 0.2) is 21.7 Å². The van der Waals surface area contributed by atoms with Crippen LogP contribution >= 0.6 is 11.3 Å². The Labute approximate surface area is 163 Å².